The second-order valence-electron chi connectivity index (χ2n) is 28.5. The Morgan fingerprint density at radius 1 is 0.265 bits per heavy atom. The molecule has 1 saturated heterocycles. The van der Waals surface area contributed by atoms with Crippen LogP contribution < -0.4 is 5.46 Å². The van der Waals surface area contributed by atoms with E-state index in [-0.39, 0.29) is 29.2 Å². The lowest BCUT2D eigenvalue weighted by atomic mass is 9.78. The minimum absolute atomic E-state index is 0.0348. The fraction of sp³-hybridized carbons (Fsp3) is 0.133. The quantitative estimate of drug-likeness (QED) is 0.136. The van der Waals surface area contributed by atoms with Crippen LogP contribution in [0.3, 0.4) is 0 Å². The lowest BCUT2D eigenvalue weighted by Gasteiger charge is -2.32. The summed E-state index contributed by atoms with van der Waals surface area (Å²) in [6.45, 7) is 17.5. The Labute approximate surface area is 601 Å². The van der Waals surface area contributed by atoms with Gasteiger partial charge in [0, 0.05) is 70.2 Å². The van der Waals surface area contributed by atoms with Crippen LogP contribution in [0.1, 0.15) is 77.6 Å². The van der Waals surface area contributed by atoms with E-state index in [2.05, 4.69) is 204 Å². The van der Waals surface area contributed by atoms with Gasteiger partial charge in [-0.2, -0.15) is 0 Å². The fourth-order valence-electron chi connectivity index (χ4n) is 14.6. The van der Waals surface area contributed by atoms with Gasteiger partial charge in [0.2, 0.25) is 0 Å². The highest BCUT2D eigenvalue weighted by Crippen LogP contribution is 2.53. The van der Waals surface area contributed by atoms with E-state index < -0.39 is 0 Å². The van der Waals surface area contributed by atoms with Crippen molar-refractivity contribution in [1.29, 1.82) is 0 Å². The summed E-state index contributed by atoms with van der Waals surface area (Å²) >= 11 is 3.47. The molecule has 0 unspecified atom stereocenters. The first-order valence-electron chi connectivity index (χ1n) is 34.6. The molecule has 10 nitrogen and oxygen atoms in total. The molecule has 5 heterocycles. The van der Waals surface area contributed by atoms with Crippen LogP contribution in [-0.2, 0) is 20.1 Å². The molecule has 0 N–H and O–H groups in total. The number of hydrogen-bond acceptors (Lipinski definition) is 10. The molecule has 4 aromatic heterocycles. The Morgan fingerprint density at radius 3 is 0.980 bits per heavy atom. The number of aromatic nitrogens is 6. The van der Waals surface area contributed by atoms with Gasteiger partial charge in [0.15, 0.2) is 34.9 Å². The molecule has 16 aromatic rings. The summed E-state index contributed by atoms with van der Waals surface area (Å²) in [5.41, 5.74) is 22.5. The Hall–Kier alpha value is -11.3. The first-order chi connectivity index (χ1) is 49.4. The third-order valence-electron chi connectivity index (χ3n) is 20.9. The first kappa shape index (κ1) is 64.1. The van der Waals surface area contributed by atoms with E-state index in [9.17, 15) is 0 Å². The van der Waals surface area contributed by atoms with Gasteiger partial charge in [-0.1, -0.05) is 268 Å². The zero-order valence-electron chi connectivity index (χ0n) is 57.8. The number of hydrogen-bond donors (Lipinski definition) is 0. The van der Waals surface area contributed by atoms with Crippen molar-refractivity contribution in [2.45, 2.75) is 77.4 Å². The molecule has 2 aliphatic carbocycles. The maximum absolute atomic E-state index is 6.41. The Balaban J connectivity index is 0.000000120. The predicted octanol–water partition coefficient (Wildman–Crippen LogP) is 22.6. The third-order valence-corrected chi connectivity index (χ3v) is 21.4. The van der Waals surface area contributed by atoms with Crippen LogP contribution in [-0.4, -0.2) is 48.2 Å². The van der Waals surface area contributed by atoms with E-state index in [1.807, 2.05) is 152 Å². The molecule has 19 rings (SSSR count). The topological polar surface area (TPSA) is 122 Å². The minimum atomic E-state index is -0.381. The number of fused-ring (bicyclic) bond motifs is 12. The molecule has 494 valence electrons. The molecule has 1 fully saturated rings. The molecule has 12 heteroatoms. The number of halogens is 1. The lowest BCUT2D eigenvalue weighted by Crippen LogP contribution is -2.41. The molecule has 12 aromatic carbocycles. The molecule has 0 radical (unpaired) electrons. The molecular formula is C90H70BBrN6O4. The maximum atomic E-state index is 6.41. The van der Waals surface area contributed by atoms with Crippen LogP contribution in [0.15, 0.2) is 292 Å². The zero-order chi connectivity index (χ0) is 69.7. The summed E-state index contributed by atoms with van der Waals surface area (Å²) in [4.78, 5) is 28.7. The van der Waals surface area contributed by atoms with Gasteiger partial charge in [-0.05, 0) is 143 Å². The van der Waals surface area contributed by atoms with E-state index in [1.54, 1.807) is 0 Å². The van der Waals surface area contributed by atoms with E-state index in [0.717, 1.165) is 98.3 Å². The van der Waals surface area contributed by atoms with Crippen LogP contribution in [0.5, 0.6) is 0 Å². The second-order valence-corrected chi connectivity index (χ2v) is 29.5. The average Bonchev–Trinajstić information content (AvgIpc) is 1.57. The predicted molar refractivity (Wildman–Crippen MR) is 417 cm³/mol. The summed E-state index contributed by atoms with van der Waals surface area (Å²) < 4.78 is 26.3. The number of benzene rings is 12. The summed E-state index contributed by atoms with van der Waals surface area (Å²) in [5, 5.41) is 4.51. The average molecular weight is 1390 g/mol. The minimum Gasteiger partial charge on any atom is -0.456 e. The SMILES string of the molecule is Brc1ccc(-c2nc(-c3ccccc3)nc(-c3ccccc3)n2)cc1.CC1(C)c2ccccc2-c2cc3c(cc21)oc1ccc(-c2ccc(-c4nc(-c5ccccc5)nc(-c5ccccc5)n4)cc2)cc13.CC1(C)c2ccccc2-c2cc3c(cc21)oc1ccc(B2OC(C)(C)C(C)(C)O2)cc13. The summed E-state index contributed by atoms with van der Waals surface area (Å²) in [6, 6.07) is 95.9. The van der Waals surface area contributed by atoms with Crippen LogP contribution >= 0.6 is 15.9 Å². The largest absolute Gasteiger partial charge is 0.494 e. The molecular weight excluding hydrogens is 1320 g/mol. The standard InChI is InChI=1S/C42H29N3O.C27H27BO3.C21H14BrN3/c1-42(2)35-16-10-9-15-31(35)32-24-34-33-23-30(21-22-37(33)46-38(34)25-36(32)42)26-17-19-29(20-18-26)41-44-39(27-11-5-3-6-12-27)43-40(45-41)28-13-7-4-8-14-28;1-25(2)21-10-8-7-9-17(21)18-14-20-19-13-16(28-30-26(3,4)27(5,6)31-28)11-12-23(19)29-24(20)15-22(18)25;22-18-13-11-17(12-14-18)21-24-19(15-7-3-1-4-8-15)23-20(25-21)16-9-5-2-6-10-16/h3-25H,1-2H3;7-15H,1-6H3;1-14H. The van der Waals surface area contributed by atoms with Crippen molar-refractivity contribution >= 4 is 72.4 Å². The maximum Gasteiger partial charge on any atom is 0.494 e. The molecule has 102 heavy (non-hydrogen) atoms. The Kier molecular flexibility index (Phi) is 15.8. The van der Waals surface area contributed by atoms with Gasteiger partial charge in [-0.15, -0.1) is 0 Å². The van der Waals surface area contributed by atoms with E-state index in [0.29, 0.717) is 34.9 Å². The Bertz CT molecular complexity index is 5770. The van der Waals surface area contributed by atoms with Crippen LogP contribution in [0.4, 0.5) is 0 Å². The van der Waals surface area contributed by atoms with Crippen molar-refractivity contribution in [2.24, 2.45) is 0 Å². The van der Waals surface area contributed by atoms with Crippen molar-refractivity contribution in [3.05, 3.63) is 306 Å². The first-order valence-corrected chi connectivity index (χ1v) is 35.4. The lowest BCUT2D eigenvalue weighted by molar-refractivity contribution is 0.00578. The number of nitrogens with zero attached hydrogens (tertiary/aromatic N) is 6. The van der Waals surface area contributed by atoms with Crippen molar-refractivity contribution in [2.75, 3.05) is 0 Å². The molecule has 0 bridgehead atoms. The van der Waals surface area contributed by atoms with Crippen LogP contribution in [0.25, 0.3) is 146 Å². The molecule has 3 aliphatic rings. The normalized spacial score (nSPS) is 14.7. The molecule has 0 amide bonds. The Morgan fingerprint density at radius 2 is 0.578 bits per heavy atom. The highest BCUT2D eigenvalue weighted by atomic mass is 79.9. The zero-order valence-corrected chi connectivity index (χ0v) is 59.4. The van der Waals surface area contributed by atoms with Crippen molar-refractivity contribution in [1.82, 2.24) is 29.9 Å². The van der Waals surface area contributed by atoms with Crippen molar-refractivity contribution in [3.8, 4) is 102 Å². The van der Waals surface area contributed by atoms with Crippen LogP contribution in [0.2, 0.25) is 0 Å². The van der Waals surface area contributed by atoms with Gasteiger partial charge in [0.25, 0.3) is 0 Å². The van der Waals surface area contributed by atoms with E-state index >= 15 is 0 Å². The fourth-order valence-corrected chi connectivity index (χ4v) is 14.8. The number of furan rings is 2. The highest BCUT2D eigenvalue weighted by Gasteiger charge is 2.52. The van der Waals surface area contributed by atoms with E-state index in [4.69, 9.17) is 43.1 Å². The molecule has 0 atom stereocenters. The summed E-state index contributed by atoms with van der Waals surface area (Å²) in [6.07, 6.45) is 0. The van der Waals surface area contributed by atoms with E-state index in [1.165, 1.54) is 44.5 Å². The van der Waals surface area contributed by atoms with Gasteiger partial charge in [0.1, 0.15) is 22.3 Å². The van der Waals surface area contributed by atoms with Gasteiger partial charge < -0.3 is 18.1 Å². The van der Waals surface area contributed by atoms with Gasteiger partial charge in [-0.25, -0.2) is 29.9 Å². The van der Waals surface area contributed by atoms with Gasteiger partial charge >= 0.3 is 7.12 Å². The van der Waals surface area contributed by atoms with Crippen LogP contribution in [0, 0.1) is 0 Å². The molecule has 0 spiro atoms. The summed E-state index contributed by atoms with van der Waals surface area (Å²) in [5.74, 6) is 3.97. The monoisotopic (exact) mass is 1390 g/mol. The molecule has 1 aliphatic heterocycles. The van der Waals surface area contributed by atoms with Crippen molar-refractivity contribution < 1.29 is 18.1 Å². The second kappa shape index (κ2) is 25.1. The summed E-state index contributed by atoms with van der Waals surface area (Å²) in [7, 11) is -0.381. The third kappa shape index (κ3) is 11.5. The van der Waals surface area contributed by atoms with Crippen molar-refractivity contribution in [3.63, 3.8) is 0 Å². The smallest absolute Gasteiger partial charge is 0.456 e. The van der Waals surface area contributed by atoms with Gasteiger partial charge in [0.05, 0.1) is 11.2 Å². The van der Waals surface area contributed by atoms with Gasteiger partial charge in [-0.3, -0.25) is 0 Å². The molecule has 0 saturated carbocycles. The highest BCUT2D eigenvalue weighted by molar-refractivity contribution is 9.10. The number of rotatable bonds is 8.